The van der Waals surface area contributed by atoms with Crippen LogP contribution in [-0.4, -0.2) is 17.8 Å². The van der Waals surface area contributed by atoms with Gasteiger partial charge in [-0.15, -0.1) is 0 Å². The SMILES string of the molecule is C=C(C)[C@H](O)C[O]. The number of hydrogen-bond donors (Lipinski definition) is 1. The maximum Gasteiger partial charge on any atom is 0.112 e. The van der Waals surface area contributed by atoms with Gasteiger partial charge in [0.1, 0.15) is 12.7 Å². The molecule has 0 aliphatic carbocycles. The van der Waals surface area contributed by atoms with Crippen LogP contribution in [0.15, 0.2) is 12.2 Å². The predicted octanol–water partition coefficient (Wildman–Crippen LogP) is 0.354. The first-order chi connectivity index (χ1) is 3.18. The summed E-state index contributed by atoms with van der Waals surface area (Å²) in [6, 6.07) is 0. The molecule has 0 unspecified atom stereocenters. The first kappa shape index (κ1) is 6.66. The lowest BCUT2D eigenvalue weighted by molar-refractivity contribution is 0.0776. The van der Waals surface area contributed by atoms with Crippen LogP contribution in [0.1, 0.15) is 6.92 Å². The van der Waals surface area contributed by atoms with Gasteiger partial charge in [0.05, 0.1) is 0 Å². The summed E-state index contributed by atoms with van der Waals surface area (Å²) in [6.45, 7) is 4.53. The highest BCUT2D eigenvalue weighted by atomic mass is 16.3. The van der Waals surface area contributed by atoms with E-state index in [2.05, 4.69) is 6.58 Å². The van der Waals surface area contributed by atoms with Gasteiger partial charge in [0.2, 0.25) is 0 Å². The molecule has 0 rings (SSSR count). The van der Waals surface area contributed by atoms with E-state index in [0.29, 0.717) is 5.57 Å². The van der Waals surface area contributed by atoms with Gasteiger partial charge in [0, 0.05) is 0 Å². The summed E-state index contributed by atoms with van der Waals surface area (Å²) in [5.74, 6) is 0. The molecule has 0 aromatic rings. The van der Waals surface area contributed by atoms with Crippen LogP contribution in [0.5, 0.6) is 0 Å². The number of aliphatic hydroxyl groups is 1. The first-order valence-corrected chi connectivity index (χ1v) is 2.10. The second kappa shape index (κ2) is 2.77. The molecule has 0 aromatic carbocycles. The minimum Gasteiger partial charge on any atom is -0.386 e. The van der Waals surface area contributed by atoms with Crippen molar-refractivity contribution in [3.05, 3.63) is 12.2 Å². The van der Waals surface area contributed by atoms with Gasteiger partial charge in [0.25, 0.3) is 0 Å². The largest absolute Gasteiger partial charge is 0.386 e. The Morgan fingerprint density at radius 1 is 2.00 bits per heavy atom. The Hall–Kier alpha value is -0.340. The molecule has 0 heterocycles. The Morgan fingerprint density at radius 2 is 2.43 bits per heavy atom. The Kier molecular flexibility index (Phi) is 2.64. The lowest BCUT2D eigenvalue weighted by Gasteiger charge is -2.00. The van der Waals surface area contributed by atoms with Crippen LogP contribution in [-0.2, 0) is 5.11 Å². The van der Waals surface area contributed by atoms with Gasteiger partial charge in [-0.2, -0.15) is 0 Å². The van der Waals surface area contributed by atoms with Crippen molar-refractivity contribution in [3.63, 3.8) is 0 Å². The standard InChI is InChI=1S/C5H9O2/c1-4(2)5(7)3-6/h5,7H,1,3H2,2H3/t5-/m1/s1. The molecule has 2 nitrogen and oxygen atoms in total. The summed E-state index contributed by atoms with van der Waals surface area (Å²) in [6.07, 6.45) is -0.847. The second-order valence-electron chi connectivity index (χ2n) is 1.53. The molecule has 2 heteroatoms. The van der Waals surface area contributed by atoms with Crippen molar-refractivity contribution in [1.82, 2.24) is 0 Å². The van der Waals surface area contributed by atoms with Crippen LogP contribution in [0.4, 0.5) is 0 Å². The van der Waals surface area contributed by atoms with Crippen molar-refractivity contribution in [1.29, 1.82) is 0 Å². The molecule has 0 aromatic heterocycles. The zero-order chi connectivity index (χ0) is 5.86. The van der Waals surface area contributed by atoms with E-state index in [1.54, 1.807) is 6.92 Å². The van der Waals surface area contributed by atoms with Gasteiger partial charge in [-0.25, -0.2) is 5.11 Å². The minimum absolute atomic E-state index is 0.477. The zero-order valence-corrected chi connectivity index (χ0v) is 4.35. The smallest absolute Gasteiger partial charge is 0.112 e. The van der Waals surface area contributed by atoms with Crippen molar-refractivity contribution in [2.45, 2.75) is 13.0 Å². The Morgan fingerprint density at radius 3 is 2.43 bits per heavy atom. The van der Waals surface area contributed by atoms with Gasteiger partial charge in [-0.1, -0.05) is 6.58 Å². The summed E-state index contributed by atoms with van der Waals surface area (Å²) in [7, 11) is 0. The fourth-order valence-corrected chi connectivity index (χ4v) is 0.142. The maximum absolute atomic E-state index is 9.76. The highest BCUT2D eigenvalue weighted by Crippen LogP contribution is 1.93. The molecule has 0 aliphatic rings. The van der Waals surface area contributed by atoms with E-state index in [-0.39, 0.29) is 0 Å². The maximum atomic E-state index is 9.76. The van der Waals surface area contributed by atoms with E-state index >= 15 is 0 Å². The average molecular weight is 101 g/mol. The fourth-order valence-electron chi connectivity index (χ4n) is 0.142. The van der Waals surface area contributed by atoms with E-state index in [9.17, 15) is 5.11 Å². The normalized spacial score (nSPS) is 13.6. The quantitative estimate of drug-likeness (QED) is 0.501. The first-order valence-electron chi connectivity index (χ1n) is 2.10. The van der Waals surface area contributed by atoms with Crippen molar-refractivity contribution in [2.24, 2.45) is 0 Å². The molecule has 1 atom stereocenters. The van der Waals surface area contributed by atoms with Gasteiger partial charge >= 0.3 is 0 Å². The molecule has 1 N–H and O–H groups in total. The molecule has 0 spiro atoms. The summed E-state index contributed by atoms with van der Waals surface area (Å²) in [4.78, 5) is 0. The highest BCUT2D eigenvalue weighted by Gasteiger charge is 1.99. The third-order valence-corrected chi connectivity index (χ3v) is 0.727. The van der Waals surface area contributed by atoms with Gasteiger partial charge < -0.3 is 5.11 Å². The van der Waals surface area contributed by atoms with Crippen LogP contribution in [0.25, 0.3) is 0 Å². The van der Waals surface area contributed by atoms with E-state index in [4.69, 9.17) is 5.11 Å². The van der Waals surface area contributed by atoms with Crippen LogP contribution < -0.4 is 0 Å². The van der Waals surface area contributed by atoms with Crippen LogP contribution >= 0.6 is 0 Å². The minimum atomic E-state index is -0.847. The van der Waals surface area contributed by atoms with E-state index < -0.39 is 12.7 Å². The third kappa shape index (κ3) is 2.37. The molecule has 0 amide bonds. The number of rotatable bonds is 2. The lowest BCUT2D eigenvalue weighted by Crippen LogP contribution is -2.10. The third-order valence-electron chi connectivity index (χ3n) is 0.727. The number of hydrogen-bond acceptors (Lipinski definition) is 1. The highest BCUT2D eigenvalue weighted by molar-refractivity contribution is 4.95. The van der Waals surface area contributed by atoms with Crippen molar-refractivity contribution >= 4 is 0 Å². The summed E-state index contributed by atoms with van der Waals surface area (Å²) < 4.78 is 0. The summed E-state index contributed by atoms with van der Waals surface area (Å²) >= 11 is 0. The molecular weight excluding hydrogens is 92.1 g/mol. The molecule has 41 valence electrons. The van der Waals surface area contributed by atoms with Gasteiger partial charge in [-0.05, 0) is 12.5 Å². The summed E-state index contributed by atoms with van der Waals surface area (Å²) in [5.41, 5.74) is 0.537. The molecule has 0 fully saturated rings. The fraction of sp³-hybridized carbons (Fsp3) is 0.600. The average Bonchev–Trinajstić information content (AvgIpc) is 1.65. The summed E-state index contributed by atoms with van der Waals surface area (Å²) in [5, 5.41) is 18.3. The Bertz CT molecular complexity index is 68.5. The van der Waals surface area contributed by atoms with E-state index in [1.807, 2.05) is 0 Å². The van der Waals surface area contributed by atoms with Crippen molar-refractivity contribution in [2.75, 3.05) is 6.61 Å². The monoisotopic (exact) mass is 101 g/mol. The predicted molar refractivity (Wildman–Crippen MR) is 26.4 cm³/mol. The molecule has 0 bridgehead atoms. The van der Waals surface area contributed by atoms with Crippen molar-refractivity contribution < 1.29 is 10.2 Å². The zero-order valence-electron chi connectivity index (χ0n) is 4.35. The van der Waals surface area contributed by atoms with Crippen LogP contribution in [0, 0.1) is 0 Å². The second-order valence-corrected chi connectivity index (χ2v) is 1.53. The van der Waals surface area contributed by atoms with Gasteiger partial charge in [0.15, 0.2) is 0 Å². The molecule has 1 radical (unpaired) electrons. The molecule has 0 aliphatic heterocycles. The Balaban J connectivity index is 3.34. The molecule has 0 saturated carbocycles. The van der Waals surface area contributed by atoms with Crippen LogP contribution in [0.3, 0.4) is 0 Å². The van der Waals surface area contributed by atoms with Crippen molar-refractivity contribution in [3.8, 4) is 0 Å². The molecule has 7 heavy (non-hydrogen) atoms. The Labute approximate surface area is 43.1 Å². The molecular formula is C5H9O2. The van der Waals surface area contributed by atoms with E-state index in [0.717, 1.165) is 0 Å². The van der Waals surface area contributed by atoms with Gasteiger partial charge in [-0.3, -0.25) is 0 Å². The lowest BCUT2D eigenvalue weighted by atomic mass is 10.2. The molecule has 0 saturated heterocycles. The topological polar surface area (TPSA) is 40.1 Å². The number of aliphatic hydroxyl groups excluding tert-OH is 1. The van der Waals surface area contributed by atoms with Crippen LogP contribution in [0.2, 0.25) is 0 Å². The van der Waals surface area contributed by atoms with E-state index in [1.165, 1.54) is 0 Å².